The number of benzene rings is 10. The third-order valence-corrected chi connectivity index (χ3v) is 15.8. The quantitative estimate of drug-likeness (QED) is 0.167. The highest BCUT2D eigenvalue weighted by molar-refractivity contribution is 6.11. The van der Waals surface area contributed by atoms with Gasteiger partial charge in [0, 0.05) is 33.2 Å². The fraction of sp³-hybridized carbons (Fsp3) is 0.138. The molecule has 0 saturated heterocycles. The molecule has 1 heteroatoms. The van der Waals surface area contributed by atoms with Crippen LogP contribution in [0, 0.1) is 0 Å². The molecule has 0 amide bonds. The van der Waals surface area contributed by atoms with E-state index in [1.165, 1.54) is 128 Å². The molecule has 1 nitrogen and oxygen atoms in total. The molecule has 3 aliphatic carbocycles. The molecule has 0 unspecified atom stereocenters. The standard InChI is InChI=1S/C65H51N/c1-63(2)53-29-18-17-28-48(53)62-54(63)30-19-31-59(62)66(42-32-34-49-55(36-42)64(3,4)57-38-51(40-20-9-7-10-21-40)44-24-13-15-26-46(44)60(49)57)43-33-35-50-56(37-43)65(5,6)58-39-52(41-22-11-8-12-23-41)45-25-14-16-27-47(45)61(50)58/h7-39H,1-6H3. The highest BCUT2D eigenvalue weighted by Crippen LogP contribution is 2.59. The summed E-state index contributed by atoms with van der Waals surface area (Å²) in [7, 11) is 0. The fourth-order valence-corrected chi connectivity index (χ4v) is 12.5. The summed E-state index contributed by atoms with van der Waals surface area (Å²) in [6.07, 6.45) is 0. The van der Waals surface area contributed by atoms with E-state index in [0.717, 1.165) is 0 Å². The number of hydrogen-bond donors (Lipinski definition) is 0. The lowest BCUT2D eigenvalue weighted by Gasteiger charge is -2.31. The molecule has 0 atom stereocenters. The van der Waals surface area contributed by atoms with Crippen LogP contribution in [0.15, 0.2) is 200 Å². The molecule has 0 aromatic heterocycles. The van der Waals surface area contributed by atoms with E-state index in [1.54, 1.807) is 0 Å². The van der Waals surface area contributed by atoms with Crippen LogP contribution in [0.4, 0.5) is 17.1 Å². The summed E-state index contributed by atoms with van der Waals surface area (Å²) in [5.74, 6) is 0. The smallest absolute Gasteiger partial charge is 0.0543 e. The van der Waals surface area contributed by atoms with Gasteiger partial charge in [-0.15, -0.1) is 0 Å². The average Bonchev–Trinajstić information content (AvgIpc) is 3.83. The van der Waals surface area contributed by atoms with Gasteiger partial charge in [-0.1, -0.05) is 199 Å². The number of nitrogens with zero attached hydrogens (tertiary/aromatic N) is 1. The monoisotopic (exact) mass is 845 g/mol. The van der Waals surface area contributed by atoms with Crippen LogP contribution in [0.1, 0.15) is 74.9 Å². The average molecular weight is 846 g/mol. The Bertz CT molecular complexity index is 3470. The second-order valence-corrected chi connectivity index (χ2v) is 20.4. The van der Waals surface area contributed by atoms with Crippen LogP contribution in [-0.4, -0.2) is 0 Å². The number of hydrogen-bond acceptors (Lipinski definition) is 1. The Labute approximate surface area is 388 Å². The molecule has 0 fully saturated rings. The molecule has 0 N–H and O–H groups in total. The molecule has 0 aliphatic heterocycles. The number of fused-ring (bicyclic) bond motifs is 13. The third-order valence-electron chi connectivity index (χ3n) is 15.8. The van der Waals surface area contributed by atoms with Gasteiger partial charge in [0.15, 0.2) is 0 Å². The van der Waals surface area contributed by atoms with Gasteiger partial charge in [0.25, 0.3) is 0 Å². The summed E-state index contributed by atoms with van der Waals surface area (Å²) in [5.41, 5.74) is 24.3. The van der Waals surface area contributed by atoms with Gasteiger partial charge in [0.2, 0.25) is 0 Å². The van der Waals surface area contributed by atoms with Crippen molar-refractivity contribution in [1.29, 1.82) is 0 Å². The summed E-state index contributed by atoms with van der Waals surface area (Å²) in [5, 5.41) is 5.22. The fourth-order valence-electron chi connectivity index (χ4n) is 12.5. The van der Waals surface area contributed by atoms with Gasteiger partial charge in [0.05, 0.1) is 5.69 Å². The van der Waals surface area contributed by atoms with Crippen molar-refractivity contribution in [2.45, 2.75) is 57.8 Å². The lowest BCUT2D eigenvalue weighted by Crippen LogP contribution is -2.19. The first-order valence-electron chi connectivity index (χ1n) is 23.6. The van der Waals surface area contributed by atoms with Gasteiger partial charge >= 0.3 is 0 Å². The van der Waals surface area contributed by atoms with Crippen molar-refractivity contribution < 1.29 is 0 Å². The highest BCUT2D eigenvalue weighted by Gasteiger charge is 2.42. The molecule has 316 valence electrons. The van der Waals surface area contributed by atoms with Gasteiger partial charge in [-0.25, -0.2) is 0 Å². The van der Waals surface area contributed by atoms with Crippen LogP contribution in [0.3, 0.4) is 0 Å². The van der Waals surface area contributed by atoms with E-state index in [0.29, 0.717) is 0 Å². The van der Waals surface area contributed by atoms with Crippen molar-refractivity contribution >= 4 is 38.6 Å². The van der Waals surface area contributed by atoms with Gasteiger partial charge in [0.1, 0.15) is 0 Å². The number of rotatable bonds is 5. The van der Waals surface area contributed by atoms with Crippen molar-refractivity contribution in [1.82, 2.24) is 0 Å². The second-order valence-electron chi connectivity index (χ2n) is 20.4. The Morgan fingerprint density at radius 2 is 0.682 bits per heavy atom. The van der Waals surface area contributed by atoms with E-state index in [-0.39, 0.29) is 16.2 Å². The maximum atomic E-state index is 2.58. The minimum atomic E-state index is -0.244. The van der Waals surface area contributed by atoms with E-state index in [1.807, 2.05) is 0 Å². The van der Waals surface area contributed by atoms with Crippen molar-refractivity contribution in [2.24, 2.45) is 0 Å². The van der Waals surface area contributed by atoms with Crippen LogP contribution in [0.25, 0.3) is 77.2 Å². The van der Waals surface area contributed by atoms with E-state index in [4.69, 9.17) is 0 Å². The van der Waals surface area contributed by atoms with Gasteiger partial charge in [-0.2, -0.15) is 0 Å². The Kier molecular flexibility index (Phi) is 8.12. The molecule has 0 spiro atoms. The highest BCUT2D eigenvalue weighted by atomic mass is 15.1. The zero-order valence-electron chi connectivity index (χ0n) is 38.5. The minimum Gasteiger partial charge on any atom is -0.310 e. The van der Waals surface area contributed by atoms with Gasteiger partial charge < -0.3 is 4.90 Å². The summed E-state index contributed by atoms with van der Waals surface area (Å²) in [6.45, 7) is 14.5. The van der Waals surface area contributed by atoms with Crippen LogP contribution >= 0.6 is 0 Å². The summed E-state index contributed by atoms with van der Waals surface area (Å²) >= 11 is 0. The molecule has 13 rings (SSSR count). The topological polar surface area (TPSA) is 3.24 Å². The normalized spacial score (nSPS) is 15.2. The molecule has 0 saturated carbocycles. The van der Waals surface area contributed by atoms with Gasteiger partial charge in [-0.3, -0.25) is 0 Å². The molecular formula is C65H51N. The number of anilines is 3. The van der Waals surface area contributed by atoms with Crippen LogP contribution in [0.5, 0.6) is 0 Å². The van der Waals surface area contributed by atoms with E-state index in [9.17, 15) is 0 Å². The first-order chi connectivity index (χ1) is 32.0. The lowest BCUT2D eigenvalue weighted by molar-refractivity contribution is 0.660. The Hall–Kier alpha value is -7.48. The lowest BCUT2D eigenvalue weighted by atomic mass is 9.80. The first-order valence-corrected chi connectivity index (χ1v) is 23.6. The molecule has 10 aromatic carbocycles. The molecule has 66 heavy (non-hydrogen) atoms. The summed E-state index contributed by atoms with van der Waals surface area (Å²) in [6, 6.07) is 75.5. The van der Waals surface area contributed by atoms with E-state index < -0.39 is 0 Å². The summed E-state index contributed by atoms with van der Waals surface area (Å²) < 4.78 is 0. The molecule has 0 radical (unpaired) electrons. The third kappa shape index (κ3) is 5.29. The van der Waals surface area contributed by atoms with Crippen LogP contribution < -0.4 is 4.90 Å². The van der Waals surface area contributed by atoms with Gasteiger partial charge in [-0.05, 0) is 147 Å². The van der Waals surface area contributed by atoms with Crippen molar-refractivity contribution in [3.05, 3.63) is 234 Å². The van der Waals surface area contributed by atoms with E-state index in [2.05, 4.69) is 247 Å². The van der Waals surface area contributed by atoms with Crippen molar-refractivity contribution in [2.75, 3.05) is 4.90 Å². The maximum Gasteiger partial charge on any atom is 0.0543 e. The molecule has 0 heterocycles. The Morgan fingerprint density at radius 3 is 1.20 bits per heavy atom. The molecule has 10 aromatic rings. The zero-order chi connectivity index (χ0) is 44.7. The second kappa shape index (κ2) is 13.8. The SMILES string of the molecule is CC1(C)c2ccccc2-c2c(N(c3ccc4c(c3)C(C)(C)c3cc(-c5ccccc5)c5ccccc5c3-4)c3ccc4c(c3)C(C)(C)c3cc(-c5ccccc5)c5ccccc5c3-4)cccc21. The van der Waals surface area contributed by atoms with E-state index >= 15 is 0 Å². The maximum absolute atomic E-state index is 2.58. The van der Waals surface area contributed by atoms with Crippen molar-refractivity contribution in [3.63, 3.8) is 0 Å². The van der Waals surface area contributed by atoms with Crippen LogP contribution in [-0.2, 0) is 16.2 Å². The van der Waals surface area contributed by atoms with Crippen LogP contribution in [0.2, 0.25) is 0 Å². The van der Waals surface area contributed by atoms with Crippen molar-refractivity contribution in [3.8, 4) is 55.6 Å². The molecule has 0 bridgehead atoms. The Balaban J connectivity index is 1.04. The predicted octanol–water partition coefficient (Wildman–Crippen LogP) is 17.7. The largest absolute Gasteiger partial charge is 0.310 e. The molecular weight excluding hydrogens is 795 g/mol. The predicted molar refractivity (Wildman–Crippen MR) is 280 cm³/mol. The zero-order valence-corrected chi connectivity index (χ0v) is 38.5. The Morgan fingerprint density at radius 1 is 0.273 bits per heavy atom. The minimum absolute atomic E-state index is 0.133. The first kappa shape index (κ1) is 38.9. The molecule has 3 aliphatic rings. The summed E-state index contributed by atoms with van der Waals surface area (Å²) in [4.78, 5) is 2.58.